The maximum atomic E-state index is 11.9. The summed E-state index contributed by atoms with van der Waals surface area (Å²) in [5, 5.41) is 6.50. The standard InChI is InChI=1S/C12H22N2O/c15-12(10-5-4-8-13-9-10)14-11-6-2-1-3-7-11/h10-11,13H,1-9H2,(H,14,15)/t10-/m1/s1. The van der Waals surface area contributed by atoms with Crippen LogP contribution in [0.25, 0.3) is 0 Å². The maximum absolute atomic E-state index is 11.9. The minimum atomic E-state index is 0.223. The van der Waals surface area contributed by atoms with E-state index in [2.05, 4.69) is 10.6 Å². The van der Waals surface area contributed by atoms with Gasteiger partial charge in [0.05, 0.1) is 5.92 Å². The molecule has 2 aliphatic rings. The van der Waals surface area contributed by atoms with Crippen LogP contribution in [0.1, 0.15) is 44.9 Å². The Labute approximate surface area is 92.0 Å². The summed E-state index contributed by atoms with van der Waals surface area (Å²) < 4.78 is 0. The van der Waals surface area contributed by atoms with E-state index in [0.29, 0.717) is 6.04 Å². The molecule has 2 rings (SSSR count). The summed E-state index contributed by atoms with van der Waals surface area (Å²) in [7, 11) is 0. The molecule has 0 unspecified atom stereocenters. The van der Waals surface area contributed by atoms with Crippen molar-refractivity contribution in [3.8, 4) is 0 Å². The number of hydrogen-bond acceptors (Lipinski definition) is 2. The van der Waals surface area contributed by atoms with Gasteiger partial charge in [0.25, 0.3) is 0 Å². The van der Waals surface area contributed by atoms with E-state index in [1.165, 1.54) is 32.1 Å². The summed E-state index contributed by atoms with van der Waals surface area (Å²) in [5.41, 5.74) is 0. The molecule has 3 heteroatoms. The molecular formula is C12H22N2O. The summed E-state index contributed by atoms with van der Waals surface area (Å²) in [4.78, 5) is 11.9. The van der Waals surface area contributed by atoms with Gasteiger partial charge in [-0.05, 0) is 32.2 Å². The first-order chi connectivity index (χ1) is 7.36. The lowest BCUT2D eigenvalue weighted by Gasteiger charge is -2.27. The van der Waals surface area contributed by atoms with Crippen LogP contribution in [0.4, 0.5) is 0 Å². The topological polar surface area (TPSA) is 41.1 Å². The van der Waals surface area contributed by atoms with Crippen molar-refractivity contribution in [2.75, 3.05) is 13.1 Å². The number of piperidine rings is 1. The first-order valence-corrected chi connectivity index (χ1v) is 6.37. The van der Waals surface area contributed by atoms with Gasteiger partial charge in [-0.3, -0.25) is 4.79 Å². The van der Waals surface area contributed by atoms with Crippen molar-refractivity contribution in [1.82, 2.24) is 10.6 Å². The molecule has 1 aliphatic heterocycles. The van der Waals surface area contributed by atoms with Gasteiger partial charge in [-0.1, -0.05) is 19.3 Å². The summed E-state index contributed by atoms with van der Waals surface area (Å²) in [6, 6.07) is 0.466. The predicted octanol–water partition coefficient (Wildman–Crippen LogP) is 1.43. The fraction of sp³-hybridized carbons (Fsp3) is 0.917. The Morgan fingerprint density at radius 2 is 1.87 bits per heavy atom. The lowest BCUT2D eigenvalue weighted by molar-refractivity contribution is -0.126. The first-order valence-electron chi connectivity index (χ1n) is 6.37. The fourth-order valence-electron chi connectivity index (χ4n) is 2.64. The number of rotatable bonds is 2. The predicted molar refractivity (Wildman–Crippen MR) is 60.6 cm³/mol. The molecular weight excluding hydrogens is 188 g/mol. The van der Waals surface area contributed by atoms with Crippen LogP contribution in [0.2, 0.25) is 0 Å². The third-order valence-corrected chi connectivity index (χ3v) is 3.62. The van der Waals surface area contributed by atoms with Gasteiger partial charge in [-0.25, -0.2) is 0 Å². The van der Waals surface area contributed by atoms with Gasteiger partial charge in [0, 0.05) is 12.6 Å². The molecule has 0 aromatic carbocycles. The van der Waals surface area contributed by atoms with E-state index < -0.39 is 0 Å². The van der Waals surface area contributed by atoms with E-state index in [4.69, 9.17) is 0 Å². The lowest BCUT2D eigenvalue weighted by atomic mass is 9.93. The molecule has 1 heterocycles. The third kappa shape index (κ3) is 3.20. The minimum absolute atomic E-state index is 0.223. The average Bonchev–Trinajstić information content (AvgIpc) is 2.31. The van der Waals surface area contributed by atoms with Crippen LogP contribution in [0.5, 0.6) is 0 Å². The third-order valence-electron chi connectivity index (χ3n) is 3.62. The van der Waals surface area contributed by atoms with Gasteiger partial charge in [0.2, 0.25) is 5.91 Å². The van der Waals surface area contributed by atoms with Crippen LogP contribution in [-0.2, 0) is 4.79 Å². The summed E-state index contributed by atoms with van der Waals surface area (Å²) >= 11 is 0. The second kappa shape index (κ2) is 5.50. The normalized spacial score (nSPS) is 28.7. The highest BCUT2D eigenvalue weighted by molar-refractivity contribution is 5.79. The molecule has 1 aliphatic carbocycles. The zero-order valence-electron chi connectivity index (χ0n) is 9.43. The molecule has 3 nitrogen and oxygen atoms in total. The average molecular weight is 210 g/mol. The number of carbonyl (C=O) groups excluding carboxylic acids is 1. The van der Waals surface area contributed by atoms with Crippen molar-refractivity contribution in [3.63, 3.8) is 0 Å². The summed E-state index contributed by atoms with van der Waals surface area (Å²) in [6.45, 7) is 1.95. The quantitative estimate of drug-likeness (QED) is 0.724. The SMILES string of the molecule is O=C(NC1CCCCC1)[C@@H]1CCCNC1. The van der Waals surface area contributed by atoms with E-state index >= 15 is 0 Å². The number of amides is 1. The van der Waals surface area contributed by atoms with Crippen molar-refractivity contribution in [1.29, 1.82) is 0 Å². The van der Waals surface area contributed by atoms with Gasteiger partial charge >= 0.3 is 0 Å². The van der Waals surface area contributed by atoms with Crippen molar-refractivity contribution >= 4 is 5.91 Å². The highest BCUT2D eigenvalue weighted by Crippen LogP contribution is 2.18. The molecule has 0 aromatic rings. The number of carbonyl (C=O) groups is 1. The van der Waals surface area contributed by atoms with Crippen LogP contribution in [0, 0.1) is 5.92 Å². The molecule has 1 saturated carbocycles. The molecule has 1 atom stereocenters. The van der Waals surface area contributed by atoms with Crippen LogP contribution >= 0.6 is 0 Å². The zero-order chi connectivity index (χ0) is 10.5. The molecule has 2 fully saturated rings. The molecule has 0 bridgehead atoms. The molecule has 0 aromatic heterocycles. The fourth-order valence-corrected chi connectivity index (χ4v) is 2.64. The van der Waals surface area contributed by atoms with Gasteiger partial charge in [0.1, 0.15) is 0 Å². The lowest BCUT2D eigenvalue weighted by Crippen LogP contribution is -2.44. The van der Waals surface area contributed by atoms with Gasteiger partial charge < -0.3 is 10.6 Å². The zero-order valence-corrected chi connectivity index (χ0v) is 9.43. The molecule has 0 spiro atoms. The van der Waals surface area contributed by atoms with Crippen LogP contribution in [0.3, 0.4) is 0 Å². The second-order valence-electron chi connectivity index (χ2n) is 4.89. The Morgan fingerprint density at radius 1 is 1.07 bits per heavy atom. The van der Waals surface area contributed by atoms with Crippen molar-refractivity contribution in [2.45, 2.75) is 51.0 Å². The molecule has 86 valence electrons. The molecule has 15 heavy (non-hydrogen) atoms. The van der Waals surface area contributed by atoms with E-state index in [9.17, 15) is 4.79 Å². The molecule has 1 saturated heterocycles. The van der Waals surface area contributed by atoms with Crippen LogP contribution < -0.4 is 10.6 Å². The highest BCUT2D eigenvalue weighted by Gasteiger charge is 2.23. The smallest absolute Gasteiger partial charge is 0.224 e. The second-order valence-corrected chi connectivity index (χ2v) is 4.89. The van der Waals surface area contributed by atoms with E-state index in [1.807, 2.05) is 0 Å². The molecule has 2 N–H and O–H groups in total. The van der Waals surface area contributed by atoms with Crippen molar-refractivity contribution in [3.05, 3.63) is 0 Å². The van der Waals surface area contributed by atoms with E-state index in [0.717, 1.165) is 25.9 Å². The Balaban J connectivity index is 1.74. The minimum Gasteiger partial charge on any atom is -0.353 e. The number of hydrogen-bond donors (Lipinski definition) is 2. The Bertz CT molecular complexity index is 206. The summed E-state index contributed by atoms with van der Waals surface area (Å²) in [5.74, 6) is 0.509. The van der Waals surface area contributed by atoms with E-state index in [1.54, 1.807) is 0 Å². The van der Waals surface area contributed by atoms with E-state index in [-0.39, 0.29) is 11.8 Å². The van der Waals surface area contributed by atoms with Crippen LogP contribution in [0.15, 0.2) is 0 Å². The van der Waals surface area contributed by atoms with Gasteiger partial charge in [-0.15, -0.1) is 0 Å². The van der Waals surface area contributed by atoms with Crippen LogP contribution in [-0.4, -0.2) is 25.0 Å². The van der Waals surface area contributed by atoms with Crippen molar-refractivity contribution < 1.29 is 4.79 Å². The highest BCUT2D eigenvalue weighted by atomic mass is 16.2. The van der Waals surface area contributed by atoms with Gasteiger partial charge in [-0.2, -0.15) is 0 Å². The monoisotopic (exact) mass is 210 g/mol. The largest absolute Gasteiger partial charge is 0.353 e. The Morgan fingerprint density at radius 3 is 2.53 bits per heavy atom. The maximum Gasteiger partial charge on any atom is 0.224 e. The summed E-state index contributed by atoms with van der Waals surface area (Å²) in [6.07, 6.45) is 8.49. The van der Waals surface area contributed by atoms with Gasteiger partial charge in [0.15, 0.2) is 0 Å². The number of nitrogens with one attached hydrogen (secondary N) is 2. The molecule has 0 radical (unpaired) electrons. The molecule has 1 amide bonds. The Hall–Kier alpha value is -0.570. The van der Waals surface area contributed by atoms with Crippen molar-refractivity contribution in [2.24, 2.45) is 5.92 Å². The first kappa shape index (κ1) is 10.9. The Kier molecular flexibility index (Phi) is 4.01.